The number of carbonyl (C=O) groups is 1. The molecule has 0 aliphatic carbocycles. The van der Waals surface area contributed by atoms with Gasteiger partial charge in [-0.05, 0) is 46.1 Å². The van der Waals surface area contributed by atoms with E-state index in [2.05, 4.69) is 29.8 Å². The fourth-order valence-electron chi connectivity index (χ4n) is 3.56. The molecule has 1 unspecified atom stereocenters. The van der Waals surface area contributed by atoms with Gasteiger partial charge in [0, 0.05) is 0 Å². The number of unbranched alkanes of at least 4 members (excludes halogenated alkanes) is 8. The zero-order valence-corrected chi connectivity index (χ0v) is 19.8. The van der Waals surface area contributed by atoms with Crippen molar-refractivity contribution in [1.29, 1.82) is 0 Å². The molecular weight excluding hydrogens is 420 g/mol. The molecule has 0 aliphatic rings. The number of ether oxygens (including phenoxy) is 1. The molecule has 1 rings (SSSR count). The molecule has 0 fully saturated rings. The number of halogens is 1. The Morgan fingerprint density at radius 1 is 0.926 bits per heavy atom. The normalized spacial score (nSPS) is 12.3. The predicted octanol–water partition coefficient (Wildman–Crippen LogP) is 8.78. The summed E-state index contributed by atoms with van der Waals surface area (Å²) in [5.74, 6) is 0.609. The van der Waals surface area contributed by atoms with Crippen molar-refractivity contribution >= 4 is 33.2 Å². The van der Waals surface area contributed by atoms with Crippen molar-refractivity contribution in [3.8, 4) is 0 Å². The molecule has 1 aromatic heterocycles. The van der Waals surface area contributed by atoms with Gasteiger partial charge in [0.1, 0.15) is 0 Å². The van der Waals surface area contributed by atoms with Gasteiger partial charge in [0.15, 0.2) is 0 Å². The van der Waals surface area contributed by atoms with Crippen LogP contribution in [0.1, 0.15) is 114 Å². The highest BCUT2D eigenvalue weighted by molar-refractivity contribution is 9.11. The maximum absolute atomic E-state index is 12.1. The van der Waals surface area contributed by atoms with Crippen LogP contribution < -0.4 is 0 Å². The number of esters is 1. The Hall–Kier alpha value is -0.350. The largest absolute Gasteiger partial charge is 0.462 e. The van der Waals surface area contributed by atoms with Crippen molar-refractivity contribution in [2.24, 2.45) is 5.92 Å². The summed E-state index contributed by atoms with van der Waals surface area (Å²) in [6, 6.07) is 1.83. The molecule has 4 heteroatoms. The molecule has 0 spiro atoms. The van der Waals surface area contributed by atoms with E-state index in [0.29, 0.717) is 12.2 Å². The van der Waals surface area contributed by atoms with E-state index in [4.69, 9.17) is 4.74 Å². The van der Waals surface area contributed by atoms with Gasteiger partial charge < -0.3 is 4.74 Å². The molecule has 0 aliphatic heterocycles. The summed E-state index contributed by atoms with van der Waals surface area (Å²) in [4.78, 5) is 12.1. The highest BCUT2D eigenvalue weighted by Crippen LogP contribution is 2.25. The lowest BCUT2D eigenvalue weighted by molar-refractivity contribution is 0.0492. The number of hydrogen-bond donors (Lipinski definition) is 0. The highest BCUT2D eigenvalue weighted by atomic mass is 79.9. The van der Waals surface area contributed by atoms with Crippen molar-refractivity contribution in [1.82, 2.24) is 0 Å². The molecule has 1 heterocycles. The predicted molar refractivity (Wildman–Crippen MR) is 122 cm³/mol. The molecule has 2 nitrogen and oxygen atoms in total. The number of thiophene rings is 1. The summed E-state index contributed by atoms with van der Waals surface area (Å²) < 4.78 is 6.33. The first-order valence-electron chi connectivity index (χ1n) is 11.1. The molecule has 156 valence electrons. The fraction of sp³-hybridized carbons (Fsp3) is 0.783. The number of carbonyl (C=O) groups excluding carboxylic acids is 1. The van der Waals surface area contributed by atoms with Gasteiger partial charge >= 0.3 is 5.97 Å². The van der Waals surface area contributed by atoms with Gasteiger partial charge in [-0.15, -0.1) is 11.3 Å². The van der Waals surface area contributed by atoms with Gasteiger partial charge in [-0.3, -0.25) is 0 Å². The van der Waals surface area contributed by atoms with Crippen molar-refractivity contribution in [3.05, 3.63) is 20.8 Å². The van der Waals surface area contributed by atoms with Crippen LogP contribution in [0, 0.1) is 5.92 Å². The average Bonchev–Trinajstić information content (AvgIpc) is 3.10. The second kappa shape index (κ2) is 16.6. The first-order chi connectivity index (χ1) is 13.2. The van der Waals surface area contributed by atoms with Crippen LogP contribution >= 0.6 is 27.3 Å². The van der Waals surface area contributed by atoms with Gasteiger partial charge in [0.25, 0.3) is 0 Å². The summed E-state index contributed by atoms with van der Waals surface area (Å²) in [5.41, 5.74) is 0.656. The molecule has 0 bridgehead atoms. The van der Waals surface area contributed by atoms with Crippen LogP contribution in [0.3, 0.4) is 0 Å². The van der Waals surface area contributed by atoms with E-state index in [1.807, 2.05) is 11.4 Å². The standard InChI is InChI=1S/C23H39BrO2S/c1-3-5-7-9-10-12-15-20(14-11-8-6-4-2)16-13-18-26-23(25)21-17-19-27-22(21)24/h17,19-20H,3-16,18H2,1-2H3. The lowest BCUT2D eigenvalue weighted by atomic mass is 9.90. The van der Waals surface area contributed by atoms with Crippen LogP contribution in [-0.4, -0.2) is 12.6 Å². The first kappa shape index (κ1) is 24.7. The second-order valence-corrected chi connectivity index (χ2v) is 9.89. The summed E-state index contributed by atoms with van der Waals surface area (Å²) in [5, 5.41) is 1.91. The molecular formula is C23H39BrO2S. The van der Waals surface area contributed by atoms with Crippen molar-refractivity contribution in [3.63, 3.8) is 0 Å². The summed E-state index contributed by atoms with van der Waals surface area (Å²) >= 11 is 4.93. The van der Waals surface area contributed by atoms with E-state index in [1.54, 1.807) is 0 Å². The van der Waals surface area contributed by atoms with E-state index >= 15 is 0 Å². The molecule has 0 N–H and O–H groups in total. The van der Waals surface area contributed by atoms with E-state index in [9.17, 15) is 4.79 Å². The number of hydrogen-bond acceptors (Lipinski definition) is 3. The minimum Gasteiger partial charge on any atom is -0.462 e. The van der Waals surface area contributed by atoms with Crippen LogP contribution in [0.4, 0.5) is 0 Å². The SMILES string of the molecule is CCCCCCCCC(CCCCCC)CCCOC(=O)c1ccsc1Br. The van der Waals surface area contributed by atoms with Crippen molar-refractivity contribution in [2.75, 3.05) is 6.61 Å². The first-order valence-corrected chi connectivity index (χ1v) is 12.8. The molecule has 1 atom stereocenters. The van der Waals surface area contributed by atoms with Gasteiger partial charge in [0.2, 0.25) is 0 Å². The van der Waals surface area contributed by atoms with E-state index in [0.717, 1.165) is 16.1 Å². The summed E-state index contributed by atoms with van der Waals surface area (Å²) in [7, 11) is 0. The summed E-state index contributed by atoms with van der Waals surface area (Å²) in [6.07, 6.45) is 18.5. The molecule has 27 heavy (non-hydrogen) atoms. The van der Waals surface area contributed by atoms with Gasteiger partial charge in [-0.1, -0.05) is 90.9 Å². The molecule has 0 saturated carbocycles. The Labute approximate surface area is 179 Å². The lowest BCUT2D eigenvalue weighted by Gasteiger charge is -2.17. The van der Waals surface area contributed by atoms with E-state index in [1.165, 1.54) is 94.8 Å². The van der Waals surface area contributed by atoms with Gasteiger partial charge in [-0.2, -0.15) is 0 Å². The Balaban J connectivity index is 2.23. The van der Waals surface area contributed by atoms with Crippen LogP contribution in [0.5, 0.6) is 0 Å². The van der Waals surface area contributed by atoms with E-state index in [-0.39, 0.29) is 5.97 Å². The fourth-order valence-corrected chi connectivity index (χ4v) is 4.78. The third-order valence-corrected chi connectivity index (χ3v) is 6.95. The molecule has 0 amide bonds. The van der Waals surface area contributed by atoms with Crippen LogP contribution in [-0.2, 0) is 4.74 Å². The molecule has 0 radical (unpaired) electrons. The monoisotopic (exact) mass is 458 g/mol. The molecule has 0 aromatic carbocycles. The average molecular weight is 460 g/mol. The zero-order valence-electron chi connectivity index (χ0n) is 17.4. The van der Waals surface area contributed by atoms with Crippen LogP contribution in [0.15, 0.2) is 15.2 Å². The Morgan fingerprint density at radius 2 is 1.48 bits per heavy atom. The third kappa shape index (κ3) is 11.9. The van der Waals surface area contributed by atoms with Crippen LogP contribution in [0.25, 0.3) is 0 Å². The zero-order chi connectivity index (χ0) is 19.7. The van der Waals surface area contributed by atoms with E-state index < -0.39 is 0 Å². The van der Waals surface area contributed by atoms with Crippen molar-refractivity contribution in [2.45, 2.75) is 104 Å². The minimum atomic E-state index is -0.196. The molecule has 1 aromatic rings. The molecule has 0 saturated heterocycles. The van der Waals surface area contributed by atoms with Gasteiger partial charge in [-0.25, -0.2) is 4.79 Å². The minimum absolute atomic E-state index is 0.196. The van der Waals surface area contributed by atoms with Crippen LogP contribution in [0.2, 0.25) is 0 Å². The Bertz CT molecular complexity index is 486. The maximum Gasteiger partial charge on any atom is 0.340 e. The third-order valence-electron chi connectivity index (χ3n) is 5.26. The smallest absolute Gasteiger partial charge is 0.340 e. The highest BCUT2D eigenvalue weighted by Gasteiger charge is 2.13. The maximum atomic E-state index is 12.1. The quantitative estimate of drug-likeness (QED) is 0.172. The topological polar surface area (TPSA) is 26.3 Å². The van der Waals surface area contributed by atoms with Crippen molar-refractivity contribution < 1.29 is 9.53 Å². The van der Waals surface area contributed by atoms with Gasteiger partial charge in [0.05, 0.1) is 16.0 Å². The second-order valence-electron chi connectivity index (χ2n) is 7.66. The lowest BCUT2D eigenvalue weighted by Crippen LogP contribution is -2.08. The Kier molecular flexibility index (Phi) is 15.2. The Morgan fingerprint density at radius 3 is 2.07 bits per heavy atom. The number of rotatable bonds is 17. The summed E-state index contributed by atoms with van der Waals surface area (Å²) in [6.45, 7) is 5.09.